The van der Waals surface area contributed by atoms with E-state index in [1.165, 1.54) is 27.8 Å². The minimum atomic E-state index is -3.59. The lowest BCUT2D eigenvalue weighted by Crippen LogP contribution is -2.40. The zero-order chi connectivity index (χ0) is 24.3. The van der Waals surface area contributed by atoms with Gasteiger partial charge in [-0.1, -0.05) is 0 Å². The third kappa shape index (κ3) is 5.32. The Morgan fingerprint density at radius 1 is 1.00 bits per heavy atom. The summed E-state index contributed by atoms with van der Waals surface area (Å²) in [5, 5.41) is 5.60. The number of morpholine rings is 1. The monoisotopic (exact) mass is 515 g/mol. The summed E-state index contributed by atoms with van der Waals surface area (Å²) in [5.74, 6) is 1.28. The fraction of sp³-hybridized carbons (Fsp3) is 0.333. The highest BCUT2D eigenvalue weighted by molar-refractivity contribution is 7.89. The van der Waals surface area contributed by atoms with Crippen molar-refractivity contribution in [3.8, 4) is 22.8 Å². The van der Waals surface area contributed by atoms with Crippen molar-refractivity contribution in [1.29, 1.82) is 0 Å². The van der Waals surface area contributed by atoms with E-state index in [1.54, 1.807) is 12.1 Å². The number of aromatic nitrogens is 1. The average Bonchev–Trinajstić information content (AvgIpc) is 3.25. The minimum absolute atomic E-state index is 0.0453. The quantitative estimate of drug-likeness (QED) is 0.478. The molecule has 9 nitrogen and oxygen atoms in total. The SMILES string of the molecule is O=C(CNc1nc(-c2ccc3c(c2)OCCCO3)cs1)c1ccc(S(=O)(=O)N2CCOCC2)cc1. The van der Waals surface area contributed by atoms with Gasteiger partial charge in [0.05, 0.1) is 43.6 Å². The number of anilines is 1. The predicted molar refractivity (Wildman–Crippen MR) is 132 cm³/mol. The van der Waals surface area contributed by atoms with Gasteiger partial charge in [0, 0.05) is 36.0 Å². The van der Waals surface area contributed by atoms with Crippen LogP contribution in [-0.2, 0) is 14.8 Å². The van der Waals surface area contributed by atoms with Gasteiger partial charge in [-0.25, -0.2) is 13.4 Å². The molecule has 0 aliphatic carbocycles. The topological polar surface area (TPSA) is 107 Å². The summed E-state index contributed by atoms with van der Waals surface area (Å²) in [6, 6.07) is 11.8. The van der Waals surface area contributed by atoms with Crippen LogP contribution >= 0.6 is 11.3 Å². The number of rotatable bonds is 7. The Bertz CT molecular complexity index is 1300. The standard InChI is InChI=1S/C24H25N3O6S2/c28-21(17-2-5-19(6-3-17)35(29,30)27-8-12-31-13-9-27)15-25-24-26-20(16-34-24)18-4-7-22-23(14-18)33-11-1-10-32-22/h2-7,14,16H,1,8-13,15H2,(H,25,26). The molecule has 35 heavy (non-hydrogen) atoms. The Balaban J connectivity index is 1.21. The van der Waals surface area contributed by atoms with E-state index in [0.717, 1.165) is 23.4 Å². The van der Waals surface area contributed by atoms with Gasteiger partial charge < -0.3 is 19.5 Å². The Labute approximate surface area is 207 Å². The summed E-state index contributed by atoms with van der Waals surface area (Å²) < 4.78 is 43.5. The van der Waals surface area contributed by atoms with Crippen LogP contribution in [0.25, 0.3) is 11.3 Å². The van der Waals surface area contributed by atoms with Gasteiger partial charge in [-0.05, 0) is 42.5 Å². The molecular formula is C24H25N3O6S2. The molecule has 11 heteroatoms. The number of fused-ring (bicyclic) bond motifs is 1. The van der Waals surface area contributed by atoms with Crippen LogP contribution in [-0.4, -0.2) is 69.6 Å². The van der Waals surface area contributed by atoms with E-state index in [1.807, 2.05) is 23.6 Å². The Morgan fingerprint density at radius 2 is 1.74 bits per heavy atom. The van der Waals surface area contributed by atoms with Gasteiger partial charge in [0.2, 0.25) is 10.0 Å². The number of hydrogen-bond donors (Lipinski definition) is 1. The maximum atomic E-state index is 12.7. The van der Waals surface area contributed by atoms with Gasteiger partial charge >= 0.3 is 0 Å². The Morgan fingerprint density at radius 3 is 2.51 bits per heavy atom. The van der Waals surface area contributed by atoms with Gasteiger partial charge in [-0.15, -0.1) is 11.3 Å². The number of Topliss-reactive ketones (excluding diaryl/α,β-unsaturated/α-hetero) is 1. The first kappa shape index (κ1) is 23.7. The third-order valence-corrected chi connectivity index (χ3v) is 8.44. The summed E-state index contributed by atoms with van der Waals surface area (Å²) in [7, 11) is -3.59. The lowest BCUT2D eigenvalue weighted by Gasteiger charge is -2.26. The number of ether oxygens (including phenoxy) is 3. The van der Waals surface area contributed by atoms with Gasteiger partial charge in [-0.3, -0.25) is 4.79 Å². The molecule has 1 N–H and O–H groups in total. The zero-order valence-corrected chi connectivity index (χ0v) is 20.6. The normalized spacial score (nSPS) is 16.5. The van der Waals surface area contributed by atoms with E-state index >= 15 is 0 Å². The van der Waals surface area contributed by atoms with Crippen LogP contribution in [0, 0.1) is 0 Å². The molecule has 0 amide bonds. The van der Waals surface area contributed by atoms with Crippen molar-refractivity contribution in [2.75, 3.05) is 51.4 Å². The number of thiazole rings is 1. The highest BCUT2D eigenvalue weighted by atomic mass is 32.2. The highest BCUT2D eigenvalue weighted by Crippen LogP contribution is 2.35. The molecule has 1 aromatic heterocycles. The van der Waals surface area contributed by atoms with E-state index in [9.17, 15) is 13.2 Å². The average molecular weight is 516 g/mol. The van der Waals surface area contributed by atoms with Crippen molar-refractivity contribution in [3.05, 3.63) is 53.4 Å². The van der Waals surface area contributed by atoms with Crippen molar-refractivity contribution in [2.24, 2.45) is 0 Å². The molecule has 1 fully saturated rings. The maximum absolute atomic E-state index is 12.7. The third-order valence-electron chi connectivity index (χ3n) is 5.73. The first-order chi connectivity index (χ1) is 17.0. The number of ketones is 1. The summed E-state index contributed by atoms with van der Waals surface area (Å²) in [5.41, 5.74) is 2.11. The molecular weight excluding hydrogens is 490 g/mol. The van der Waals surface area contributed by atoms with Crippen LogP contribution in [0.15, 0.2) is 52.7 Å². The van der Waals surface area contributed by atoms with Crippen LogP contribution in [0.4, 0.5) is 5.13 Å². The van der Waals surface area contributed by atoms with Gasteiger partial charge in [0.25, 0.3) is 0 Å². The number of hydrogen-bond acceptors (Lipinski definition) is 9. The lowest BCUT2D eigenvalue weighted by atomic mass is 10.1. The second-order valence-electron chi connectivity index (χ2n) is 8.07. The Kier molecular flexibility index (Phi) is 7.00. The van der Waals surface area contributed by atoms with Crippen LogP contribution in [0.1, 0.15) is 16.8 Å². The largest absolute Gasteiger partial charge is 0.490 e. The predicted octanol–water partition coefficient (Wildman–Crippen LogP) is 3.29. The molecule has 3 heterocycles. The van der Waals surface area contributed by atoms with Gasteiger partial charge in [-0.2, -0.15) is 4.31 Å². The van der Waals surface area contributed by atoms with Crippen LogP contribution in [0.2, 0.25) is 0 Å². The van der Waals surface area contributed by atoms with E-state index < -0.39 is 10.0 Å². The van der Waals surface area contributed by atoms with E-state index in [4.69, 9.17) is 14.2 Å². The van der Waals surface area contributed by atoms with E-state index in [2.05, 4.69) is 10.3 Å². The van der Waals surface area contributed by atoms with Crippen LogP contribution in [0.3, 0.4) is 0 Å². The smallest absolute Gasteiger partial charge is 0.243 e. The molecule has 2 aromatic carbocycles. The number of carbonyl (C=O) groups excluding carboxylic acids is 1. The second kappa shape index (κ2) is 10.3. The summed E-state index contributed by atoms with van der Waals surface area (Å²) in [4.78, 5) is 17.4. The molecule has 0 radical (unpaired) electrons. The van der Waals surface area contributed by atoms with Crippen molar-refractivity contribution in [2.45, 2.75) is 11.3 Å². The number of nitrogens with one attached hydrogen (secondary N) is 1. The first-order valence-corrected chi connectivity index (χ1v) is 13.6. The number of nitrogens with zero attached hydrogens (tertiary/aromatic N) is 2. The second-order valence-corrected chi connectivity index (χ2v) is 10.9. The molecule has 3 aromatic rings. The Hall–Kier alpha value is -2.99. The zero-order valence-electron chi connectivity index (χ0n) is 18.9. The molecule has 0 saturated carbocycles. The summed E-state index contributed by atoms with van der Waals surface area (Å²) in [6.45, 7) is 2.72. The van der Waals surface area contributed by atoms with Gasteiger partial charge in [0.15, 0.2) is 22.4 Å². The summed E-state index contributed by atoms with van der Waals surface area (Å²) >= 11 is 1.40. The van der Waals surface area contributed by atoms with Crippen molar-refractivity contribution >= 4 is 32.3 Å². The highest BCUT2D eigenvalue weighted by Gasteiger charge is 2.26. The maximum Gasteiger partial charge on any atom is 0.243 e. The van der Waals surface area contributed by atoms with Crippen LogP contribution in [0.5, 0.6) is 11.5 Å². The number of benzene rings is 2. The molecule has 0 spiro atoms. The fourth-order valence-corrected chi connectivity index (χ4v) is 5.94. The molecule has 5 rings (SSSR count). The first-order valence-electron chi connectivity index (χ1n) is 11.3. The molecule has 184 valence electrons. The van der Waals surface area contributed by atoms with E-state index in [-0.39, 0.29) is 17.2 Å². The molecule has 2 aliphatic rings. The molecule has 0 bridgehead atoms. The summed E-state index contributed by atoms with van der Waals surface area (Å²) in [6.07, 6.45) is 0.842. The van der Waals surface area contributed by atoms with Crippen molar-refractivity contribution in [1.82, 2.24) is 9.29 Å². The molecule has 0 atom stereocenters. The molecule has 1 saturated heterocycles. The van der Waals surface area contributed by atoms with E-state index in [0.29, 0.717) is 56.0 Å². The molecule has 2 aliphatic heterocycles. The van der Waals surface area contributed by atoms with Crippen molar-refractivity contribution < 1.29 is 27.4 Å². The fourth-order valence-electron chi connectivity index (χ4n) is 3.82. The number of carbonyl (C=O) groups is 1. The van der Waals surface area contributed by atoms with Crippen LogP contribution < -0.4 is 14.8 Å². The number of sulfonamides is 1. The molecule has 0 unspecified atom stereocenters. The lowest BCUT2D eigenvalue weighted by molar-refractivity contribution is 0.0730. The minimum Gasteiger partial charge on any atom is -0.490 e. The van der Waals surface area contributed by atoms with Crippen molar-refractivity contribution in [3.63, 3.8) is 0 Å². The van der Waals surface area contributed by atoms with Gasteiger partial charge in [0.1, 0.15) is 0 Å².